The Bertz CT molecular complexity index is 1050. The highest BCUT2D eigenvalue weighted by Crippen LogP contribution is 2.40. The molecule has 3 rings (SSSR count). The second kappa shape index (κ2) is 9.75. The van der Waals surface area contributed by atoms with E-state index < -0.39 is 0 Å². The maximum absolute atomic E-state index is 10.7. The van der Waals surface area contributed by atoms with Crippen LogP contribution in [0.1, 0.15) is 52.5 Å². The van der Waals surface area contributed by atoms with Crippen LogP contribution in [0.25, 0.3) is 10.9 Å². The van der Waals surface area contributed by atoms with Crippen molar-refractivity contribution >= 4 is 17.2 Å². The molecule has 1 heterocycles. The SMILES string of the molecule is CC1=C(/C=C/C(=C/C=C\C(C)=C\C=O)Cc2c[nH]c3ccccc23)C(C)(C)CCC1. The molecule has 1 aromatic heterocycles. The molecule has 0 radical (unpaired) electrons. The van der Waals surface area contributed by atoms with Gasteiger partial charge in [0.15, 0.2) is 0 Å². The molecule has 1 aliphatic rings. The number of allylic oxidation sites excluding steroid dienone is 10. The third-order valence-corrected chi connectivity index (χ3v) is 6.08. The number of nitrogens with one attached hydrogen (secondary N) is 1. The Labute approximate surface area is 180 Å². The smallest absolute Gasteiger partial charge is 0.143 e. The molecule has 0 spiro atoms. The van der Waals surface area contributed by atoms with Crippen LogP contribution in [0, 0.1) is 5.41 Å². The average molecular weight is 400 g/mol. The van der Waals surface area contributed by atoms with Crippen molar-refractivity contribution in [2.45, 2.75) is 53.4 Å². The molecule has 0 saturated heterocycles. The molecule has 1 N–H and O–H groups in total. The second-order valence-corrected chi connectivity index (χ2v) is 8.95. The maximum atomic E-state index is 10.7. The van der Waals surface area contributed by atoms with Gasteiger partial charge in [0.2, 0.25) is 0 Å². The van der Waals surface area contributed by atoms with Crippen LogP contribution in [0.2, 0.25) is 0 Å². The Morgan fingerprint density at radius 1 is 1.17 bits per heavy atom. The minimum atomic E-state index is 0.226. The monoisotopic (exact) mass is 399 g/mol. The van der Waals surface area contributed by atoms with Crippen LogP contribution in [-0.2, 0) is 11.2 Å². The van der Waals surface area contributed by atoms with E-state index in [9.17, 15) is 4.79 Å². The van der Waals surface area contributed by atoms with Crippen molar-refractivity contribution in [1.29, 1.82) is 0 Å². The molecule has 0 bridgehead atoms. The molecule has 156 valence electrons. The number of benzene rings is 1. The van der Waals surface area contributed by atoms with Gasteiger partial charge in [0.25, 0.3) is 0 Å². The summed E-state index contributed by atoms with van der Waals surface area (Å²) < 4.78 is 0. The Kier molecular flexibility index (Phi) is 7.10. The van der Waals surface area contributed by atoms with Gasteiger partial charge in [-0.25, -0.2) is 0 Å². The van der Waals surface area contributed by atoms with E-state index in [1.165, 1.54) is 52.4 Å². The first-order valence-electron chi connectivity index (χ1n) is 10.8. The summed E-state index contributed by atoms with van der Waals surface area (Å²) >= 11 is 0. The van der Waals surface area contributed by atoms with Gasteiger partial charge in [-0.2, -0.15) is 0 Å². The Hall–Kier alpha value is -2.87. The first-order chi connectivity index (χ1) is 14.4. The molecule has 0 aliphatic heterocycles. The highest BCUT2D eigenvalue weighted by atomic mass is 16.1. The molecule has 0 unspecified atom stereocenters. The van der Waals surface area contributed by atoms with Gasteiger partial charge in [0, 0.05) is 17.1 Å². The van der Waals surface area contributed by atoms with Crippen LogP contribution in [-0.4, -0.2) is 11.3 Å². The molecule has 30 heavy (non-hydrogen) atoms. The summed E-state index contributed by atoms with van der Waals surface area (Å²) in [5.74, 6) is 0. The van der Waals surface area contributed by atoms with Crippen molar-refractivity contribution in [3.05, 3.63) is 94.8 Å². The van der Waals surface area contributed by atoms with Gasteiger partial charge < -0.3 is 4.98 Å². The Morgan fingerprint density at radius 3 is 2.73 bits per heavy atom. The number of para-hydroxylation sites is 1. The third kappa shape index (κ3) is 5.38. The van der Waals surface area contributed by atoms with Crippen molar-refractivity contribution in [3.63, 3.8) is 0 Å². The number of hydrogen-bond acceptors (Lipinski definition) is 1. The number of carbonyl (C=O) groups excluding carboxylic acids is 1. The fourth-order valence-corrected chi connectivity index (χ4v) is 4.36. The average Bonchev–Trinajstić information content (AvgIpc) is 3.10. The zero-order valence-corrected chi connectivity index (χ0v) is 18.7. The van der Waals surface area contributed by atoms with E-state index in [2.05, 4.69) is 74.4 Å². The Balaban J connectivity index is 1.93. The van der Waals surface area contributed by atoms with Gasteiger partial charge in [-0.15, -0.1) is 0 Å². The number of H-pyrrole nitrogens is 1. The number of carbonyl (C=O) groups is 1. The number of aromatic nitrogens is 1. The zero-order chi connectivity index (χ0) is 21.6. The summed E-state index contributed by atoms with van der Waals surface area (Å²) in [6.45, 7) is 8.92. The number of aromatic amines is 1. The molecule has 0 fully saturated rings. The summed E-state index contributed by atoms with van der Waals surface area (Å²) in [6.07, 6.45) is 19.9. The van der Waals surface area contributed by atoms with Crippen molar-refractivity contribution < 1.29 is 4.79 Å². The highest BCUT2D eigenvalue weighted by molar-refractivity contribution is 5.83. The normalized spacial score (nSPS) is 18.1. The van der Waals surface area contributed by atoms with Gasteiger partial charge >= 0.3 is 0 Å². The molecule has 2 nitrogen and oxygen atoms in total. The topological polar surface area (TPSA) is 32.9 Å². The molecule has 1 aromatic carbocycles. The largest absolute Gasteiger partial charge is 0.361 e. The quantitative estimate of drug-likeness (QED) is 0.293. The van der Waals surface area contributed by atoms with Gasteiger partial charge in [-0.3, -0.25) is 4.79 Å². The van der Waals surface area contributed by atoms with E-state index in [-0.39, 0.29) is 5.41 Å². The minimum absolute atomic E-state index is 0.226. The standard InChI is InChI=1S/C28H33NO/c1-21(16-18-30)9-7-11-23(14-15-26-22(2)10-8-17-28(26,3)4)19-24-20-29-27-13-6-5-12-25(24)27/h5-7,9,11-16,18,20,29H,8,10,17,19H2,1-4H3/b9-7-,15-14+,21-16+,23-11-. The lowest BCUT2D eigenvalue weighted by Gasteiger charge is -2.33. The Morgan fingerprint density at radius 2 is 1.97 bits per heavy atom. The third-order valence-electron chi connectivity index (χ3n) is 6.08. The molecular weight excluding hydrogens is 366 g/mol. The van der Waals surface area contributed by atoms with E-state index >= 15 is 0 Å². The summed E-state index contributed by atoms with van der Waals surface area (Å²) in [7, 11) is 0. The second-order valence-electron chi connectivity index (χ2n) is 8.95. The van der Waals surface area contributed by atoms with Crippen LogP contribution in [0.15, 0.2) is 89.2 Å². The molecule has 0 atom stereocenters. The summed E-state index contributed by atoms with van der Waals surface area (Å²) in [5, 5.41) is 1.27. The van der Waals surface area contributed by atoms with Gasteiger partial charge in [-0.05, 0) is 79.4 Å². The van der Waals surface area contributed by atoms with Crippen LogP contribution in [0.5, 0.6) is 0 Å². The van der Waals surface area contributed by atoms with Crippen molar-refractivity contribution in [2.75, 3.05) is 0 Å². The molecular formula is C28H33NO. The van der Waals surface area contributed by atoms with Crippen molar-refractivity contribution in [1.82, 2.24) is 4.98 Å². The number of hydrogen-bond donors (Lipinski definition) is 1. The number of rotatable bonds is 7. The van der Waals surface area contributed by atoms with Crippen LogP contribution < -0.4 is 0 Å². The first kappa shape index (κ1) is 21.8. The zero-order valence-electron chi connectivity index (χ0n) is 18.7. The summed E-state index contributed by atoms with van der Waals surface area (Å²) in [4.78, 5) is 14.1. The van der Waals surface area contributed by atoms with Crippen LogP contribution in [0.4, 0.5) is 0 Å². The molecule has 2 heteroatoms. The van der Waals surface area contributed by atoms with Gasteiger partial charge in [0.1, 0.15) is 6.29 Å². The van der Waals surface area contributed by atoms with E-state index in [0.29, 0.717) is 0 Å². The summed E-state index contributed by atoms with van der Waals surface area (Å²) in [5.41, 5.74) is 7.87. The van der Waals surface area contributed by atoms with E-state index in [4.69, 9.17) is 0 Å². The molecule has 0 saturated carbocycles. The fourth-order valence-electron chi connectivity index (χ4n) is 4.36. The summed E-state index contributed by atoms with van der Waals surface area (Å²) in [6, 6.07) is 8.44. The van der Waals surface area contributed by atoms with Crippen molar-refractivity contribution in [3.8, 4) is 0 Å². The van der Waals surface area contributed by atoms with E-state index in [1.54, 1.807) is 6.08 Å². The van der Waals surface area contributed by atoms with E-state index in [1.807, 2.05) is 19.1 Å². The lowest BCUT2D eigenvalue weighted by atomic mass is 9.72. The van der Waals surface area contributed by atoms with Gasteiger partial charge in [0.05, 0.1) is 0 Å². The van der Waals surface area contributed by atoms with Crippen molar-refractivity contribution in [2.24, 2.45) is 5.41 Å². The van der Waals surface area contributed by atoms with Gasteiger partial charge in [-0.1, -0.05) is 68.0 Å². The minimum Gasteiger partial charge on any atom is -0.361 e. The molecule has 0 amide bonds. The molecule has 1 aliphatic carbocycles. The first-order valence-corrected chi connectivity index (χ1v) is 10.8. The maximum Gasteiger partial charge on any atom is 0.143 e. The molecule has 2 aromatic rings. The predicted octanol–water partition coefficient (Wildman–Crippen LogP) is 7.42. The fraction of sp³-hybridized carbons (Fsp3) is 0.321. The lowest BCUT2D eigenvalue weighted by Crippen LogP contribution is -2.19. The predicted molar refractivity (Wildman–Crippen MR) is 129 cm³/mol. The van der Waals surface area contributed by atoms with Crippen LogP contribution >= 0.6 is 0 Å². The highest BCUT2D eigenvalue weighted by Gasteiger charge is 2.26. The van der Waals surface area contributed by atoms with E-state index in [0.717, 1.165) is 18.3 Å². The number of aldehydes is 1. The van der Waals surface area contributed by atoms with Crippen LogP contribution in [0.3, 0.4) is 0 Å². The number of fused-ring (bicyclic) bond motifs is 1. The lowest BCUT2D eigenvalue weighted by molar-refractivity contribution is -0.104.